The Labute approximate surface area is 123 Å². The molecule has 0 saturated heterocycles. The van der Waals surface area contributed by atoms with Crippen molar-refractivity contribution in [2.75, 3.05) is 18.1 Å². The van der Waals surface area contributed by atoms with Gasteiger partial charge in [-0.1, -0.05) is 30.3 Å². The molecule has 0 aromatic heterocycles. The van der Waals surface area contributed by atoms with Gasteiger partial charge in [-0.2, -0.15) is 0 Å². The molecule has 3 N–H and O–H groups in total. The van der Waals surface area contributed by atoms with Crippen LogP contribution in [0.25, 0.3) is 0 Å². The molecule has 0 fully saturated rings. The van der Waals surface area contributed by atoms with Gasteiger partial charge in [-0.25, -0.2) is 0 Å². The van der Waals surface area contributed by atoms with Crippen molar-refractivity contribution >= 4 is 23.6 Å². The highest BCUT2D eigenvalue weighted by molar-refractivity contribution is 8.00. The van der Waals surface area contributed by atoms with Crippen molar-refractivity contribution < 1.29 is 14.3 Å². The normalized spacial score (nSPS) is 11.7. The maximum Gasteiger partial charge on any atom is 0.323 e. The van der Waals surface area contributed by atoms with Crippen molar-refractivity contribution in [3.63, 3.8) is 0 Å². The highest BCUT2D eigenvalue weighted by Gasteiger charge is 2.14. The van der Waals surface area contributed by atoms with E-state index in [-0.39, 0.29) is 11.7 Å². The standard InChI is InChI=1S/C14H20N2O3S/c1-2-19-14(18)12(15)9-20-10-13(17)16-8-11-6-4-3-5-7-11/h3-7,12H,2,8-10,15H2,1H3,(H,16,17)/t12-/m0/s1. The number of amides is 1. The number of carbonyl (C=O) groups excluding carboxylic acids is 2. The number of rotatable bonds is 8. The Morgan fingerprint density at radius 2 is 2.05 bits per heavy atom. The van der Waals surface area contributed by atoms with Crippen molar-refractivity contribution in [1.82, 2.24) is 5.32 Å². The average molecular weight is 296 g/mol. The van der Waals surface area contributed by atoms with Gasteiger partial charge in [-0.05, 0) is 12.5 Å². The van der Waals surface area contributed by atoms with E-state index in [2.05, 4.69) is 5.32 Å². The van der Waals surface area contributed by atoms with E-state index >= 15 is 0 Å². The maximum absolute atomic E-state index is 11.6. The maximum atomic E-state index is 11.6. The van der Waals surface area contributed by atoms with E-state index in [4.69, 9.17) is 10.5 Å². The second-order valence-electron chi connectivity index (χ2n) is 4.14. The van der Waals surface area contributed by atoms with Crippen LogP contribution >= 0.6 is 11.8 Å². The van der Waals surface area contributed by atoms with Crippen molar-refractivity contribution in [3.05, 3.63) is 35.9 Å². The number of nitrogens with two attached hydrogens (primary N) is 1. The summed E-state index contributed by atoms with van der Waals surface area (Å²) in [6.07, 6.45) is 0. The van der Waals surface area contributed by atoms with Gasteiger partial charge < -0.3 is 15.8 Å². The topological polar surface area (TPSA) is 81.4 Å². The zero-order chi connectivity index (χ0) is 14.8. The number of esters is 1. The van der Waals surface area contributed by atoms with Crippen molar-refractivity contribution in [3.8, 4) is 0 Å². The predicted octanol–water partition coefficient (Wildman–Crippen LogP) is 0.926. The minimum atomic E-state index is -0.679. The fourth-order valence-corrected chi connectivity index (χ4v) is 2.24. The second-order valence-corrected chi connectivity index (χ2v) is 5.17. The Morgan fingerprint density at radius 3 is 2.70 bits per heavy atom. The number of hydrogen-bond donors (Lipinski definition) is 2. The Morgan fingerprint density at radius 1 is 1.35 bits per heavy atom. The first-order chi connectivity index (χ1) is 9.63. The molecule has 0 aliphatic rings. The summed E-state index contributed by atoms with van der Waals surface area (Å²) in [6, 6.07) is 9.00. The third-order valence-electron chi connectivity index (χ3n) is 2.45. The van der Waals surface area contributed by atoms with E-state index in [1.165, 1.54) is 11.8 Å². The van der Waals surface area contributed by atoms with Crippen LogP contribution < -0.4 is 11.1 Å². The Kier molecular flexibility index (Phi) is 7.75. The van der Waals surface area contributed by atoms with Gasteiger partial charge >= 0.3 is 5.97 Å². The monoisotopic (exact) mass is 296 g/mol. The second kappa shape index (κ2) is 9.39. The van der Waals surface area contributed by atoms with Crippen LogP contribution in [-0.2, 0) is 20.9 Å². The Bertz CT molecular complexity index is 426. The van der Waals surface area contributed by atoms with Gasteiger partial charge in [0.05, 0.1) is 12.4 Å². The summed E-state index contributed by atoms with van der Waals surface area (Å²) in [4.78, 5) is 22.9. The summed E-state index contributed by atoms with van der Waals surface area (Å²) < 4.78 is 4.79. The minimum Gasteiger partial charge on any atom is -0.465 e. The lowest BCUT2D eigenvalue weighted by Gasteiger charge is -2.10. The van der Waals surface area contributed by atoms with Crippen LogP contribution in [0.2, 0.25) is 0 Å². The van der Waals surface area contributed by atoms with Gasteiger partial charge in [-0.15, -0.1) is 11.8 Å². The molecule has 0 unspecified atom stereocenters. The number of benzene rings is 1. The molecule has 6 heteroatoms. The summed E-state index contributed by atoms with van der Waals surface area (Å²) in [5.74, 6) is 0.150. The summed E-state index contributed by atoms with van der Waals surface area (Å²) in [7, 11) is 0. The lowest BCUT2D eigenvalue weighted by molar-refractivity contribution is -0.144. The highest BCUT2D eigenvalue weighted by atomic mass is 32.2. The SMILES string of the molecule is CCOC(=O)[C@@H](N)CSCC(=O)NCc1ccccc1. The van der Waals surface area contributed by atoms with E-state index in [1.54, 1.807) is 6.92 Å². The van der Waals surface area contributed by atoms with Crippen LogP contribution in [0.5, 0.6) is 0 Å². The van der Waals surface area contributed by atoms with E-state index in [9.17, 15) is 9.59 Å². The molecule has 110 valence electrons. The zero-order valence-corrected chi connectivity index (χ0v) is 12.3. The van der Waals surface area contributed by atoms with Crippen molar-refractivity contribution in [2.24, 2.45) is 5.73 Å². The lowest BCUT2D eigenvalue weighted by atomic mass is 10.2. The first-order valence-corrected chi connectivity index (χ1v) is 7.59. The van der Waals surface area contributed by atoms with Crippen molar-refractivity contribution in [1.29, 1.82) is 0 Å². The summed E-state index contributed by atoms with van der Waals surface area (Å²) in [5, 5.41) is 2.81. The molecule has 0 aliphatic carbocycles. The van der Waals surface area contributed by atoms with Gasteiger partial charge in [0.15, 0.2) is 0 Å². The summed E-state index contributed by atoms with van der Waals surface area (Å²) in [5.41, 5.74) is 6.68. The van der Waals surface area contributed by atoms with E-state index < -0.39 is 12.0 Å². The van der Waals surface area contributed by atoms with E-state index in [1.807, 2.05) is 30.3 Å². The van der Waals surface area contributed by atoms with Crippen LogP contribution in [0, 0.1) is 0 Å². The summed E-state index contributed by atoms with van der Waals surface area (Å²) >= 11 is 1.32. The molecule has 5 nitrogen and oxygen atoms in total. The Balaban J connectivity index is 2.16. The third kappa shape index (κ3) is 6.58. The molecule has 0 bridgehead atoms. The molecule has 0 radical (unpaired) electrons. The first-order valence-electron chi connectivity index (χ1n) is 6.44. The summed E-state index contributed by atoms with van der Waals surface area (Å²) in [6.45, 7) is 2.55. The van der Waals surface area contributed by atoms with Gasteiger partial charge in [-0.3, -0.25) is 9.59 Å². The Hall–Kier alpha value is -1.53. The molecule has 0 aliphatic heterocycles. The largest absolute Gasteiger partial charge is 0.465 e. The van der Waals surface area contributed by atoms with E-state index in [0.717, 1.165) is 5.56 Å². The first kappa shape index (κ1) is 16.5. The lowest BCUT2D eigenvalue weighted by Crippen LogP contribution is -2.35. The smallest absolute Gasteiger partial charge is 0.323 e. The van der Waals surface area contributed by atoms with E-state index in [0.29, 0.717) is 18.9 Å². The minimum absolute atomic E-state index is 0.0742. The highest BCUT2D eigenvalue weighted by Crippen LogP contribution is 2.03. The van der Waals surface area contributed by atoms with Gasteiger partial charge in [0.2, 0.25) is 5.91 Å². The number of carbonyl (C=O) groups is 2. The molecule has 0 saturated carbocycles. The number of nitrogens with one attached hydrogen (secondary N) is 1. The molecule has 1 aromatic carbocycles. The third-order valence-corrected chi connectivity index (χ3v) is 3.51. The fourth-order valence-electron chi connectivity index (χ4n) is 1.44. The number of hydrogen-bond acceptors (Lipinski definition) is 5. The van der Waals surface area contributed by atoms with Crippen LogP contribution in [0.1, 0.15) is 12.5 Å². The zero-order valence-electron chi connectivity index (χ0n) is 11.5. The molecule has 0 heterocycles. The molecular weight excluding hydrogens is 276 g/mol. The molecule has 1 rings (SSSR count). The molecule has 1 aromatic rings. The molecule has 1 amide bonds. The molecular formula is C14H20N2O3S. The molecule has 20 heavy (non-hydrogen) atoms. The van der Waals surface area contributed by atoms with Gasteiger partial charge in [0.25, 0.3) is 0 Å². The fraction of sp³-hybridized carbons (Fsp3) is 0.429. The number of thioether (sulfide) groups is 1. The van der Waals surface area contributed by atoms with Gasteiger partial charge in [0, 0.05) is 12.3 Å². The number of ether oxygens (including phenoxy) is 1. The van der Waals surface area contributed by atoms with Crippen LogP contribution in [-0.4, -0.2) is 36.0 Å². The van der Waals surface area contributed by atoms with Crippen LogP contribution in [0.15, 0.2) is 30.3 Å². The average Bonchev–Trinajstić information content (AvgIpc) is 2.46. The predicted molar refractivity (Wildman–Crippen MR) is 80.2 cm³/mol. The molecule has 1 atom stereocenters. The van der Waals surface area contributed by atoms with Crippen LogP contribution in [0.3, 0.4) is 0 Å². The van der Waals surface area contributed by atoms with Crippen LogP contribution in [0.4, 0.5) is 0 Å². The van der Waals surface area contributed by atoms with Gasteiger partial charge in [0.1, 0.15) is 6.04 Å². The van der Waals surface area contributed by atoms with Crippen molar-refractivity contribution in [2.45, 2.75) is 19.5 Å². The quantitative estimate of drug-likeness (QED) is 0.697. The molecule has 0 spiro atoms.